The van der Waals surface area contributed by atoms with Gasteiger partial charge < -0.3 is 10.4 Å². The number of hydrogen-bond donors (Lipinski definition) is 2. The monoisotopic (exact) mass is 281 g/mol. The molecule has 0 amide bonds. The highest BCUT2D eigenvalue weighted by molar-refractivity contribution is 5.81. The Morgan fingerprint density at radius 2 is 2.00 bits per heavy atom. The first kappa shape index (κ1) is 13.8. The van der Waals surface area contributed by atoms with Gasteiger partial charge in [-0.15, -0.1) is 0 Å². The molecule has 0 saturated heterocycles. The molecule has 0 bridgehead atoms. The van der Waals surface area contributed by atoms with Crippen LogP contribution in [0.25, 0.3) is 10.9 Å². The van der Waals surface area contributed by atoms with Gasteiger partial charge in [0.25, 0.3) is 0 Å². The number of rotatable bonds is 3. The molecule has 1 aromatic carbocycles. The number of aromatic nitrogens is 1. The van der Waals surface area contributed by atoms with E-state index in [2.05, 4.69) is 16.4 Å². The number of anilines is 1. The van der Waals surface area contributed by atoms with Crippen LogP contribution in [0.1, 0.15) is 37.7 Å². The van der Waals surface area contributed by atoms with Gasteiger partial charge in [0.2, 0.25) is 0 Å². The molecule has 2 aromatic rings. The second-order valence-electron chi connectivity index (χ2n) is 5.85. The summed E-state index contributed by atoms with van der Waals surface area (Å²) in [6, 6.07) is 11.4. The average Bonchev–Trinajstić information content (AvgIpc) is 2.53. The van der Waals surface area contributed by atoms with Crippen LogP contribution in [0.2, 0.25) is 0 Å². The highest BCUT2D eigenvalue weighted by atomic mass is 16.3. The Kier molecular flexibility index (Phi) is 3.76. The average molecular weight is 281 g/mol. The Morgan fingerprint density at radius 3 is 2.76 bits per heavy atom. The number of pyridine rings is 1. The highest BCUT2D eigenvalue weighted by Gasteiger charge is 2.28. The zero-order chi connectivity index (χ0) is 14.7. The van der Waals surface area contributed by atoms with Gasteiger partial charge >= 0.3 is 0 Å². The Morgan fingerprint density at radius 1 is 1.19 bits per heavy atom. The molecular formula is C17H19N3O. The summed E-state index contributed by atoms with van der Waals surface area (Å²) in [6.07, 6.45) is 5.14. The van der Waals surface area contributed by atoms with Crippen molar-refractivity contribution in [2.75, 3.05) is 11.9 Å². The molecule has 0 spiro atoms. The van der Waals surface area contributed by atoms with E-state index in [1.165, 1.54) is 6.42 Å². The maximum Gasteiger partial charge on any atom is 0.126 e. The zero-order valence-corrected chi connectivity index (χ0v) is 12.0. The normalized spacial score (nSPS) is 17.3. The van der Waals surface area contributed by atoms with Crippen LogP contribution in [-0.2, 0) is 0 Å². The zero-order valence-electron chi connectivity index (χ0n) is 12.0. The first-order chi connectivity index (χ1) is 10.2. The Labute approximate surface area is 124 Å². The van der Waals surface area contributed by atoms with Gasteiger partial charge in [-0.25, -0.2) is 4.98 Å². The van der Waals surface area contributed by atoms with Crippen LogP contribution in [0.4, 0.5) is 5.82 Å². The van der Waals surface area contributed by atoms with Crippen LogP contribution >= 0.6 is 0 Å². The van der Waals surface area contributed by atoms with E-state index < -0.39 is 5.60 Å². The van der Waals surface area contributed by atoms with Gasteiger partial charge in [0.1, 0.15) is 5.82 Å². The Bertz CT molecular complexity index is 684. The molecule has 0 radical (unpaired) electrons. The number of benzene rings is 1. The topological polar surface area (TPSA) is 68.9 Å². The van der Waals surface area contributed by atoms with Crippen molar-refractivity contribution in [3.63, 3.8) is 0 Å². The molecule has 1 heterocycles. The molecule has 0 atom stereocenters. The van der Waals surface area contributed by atoms with E-state index in [1.54, 1.807) is 6.07 Å². The Balaban J connectivity index is 1.74. The minimum atomic E-state index is -0.598. The summed E-state index contributed by atoms with van der Waals surface area (Å²) >= 11 is 0. The van der Waals surface area contributed by atoms with Crippen molar-refractivity contribution in [2.24, 2.45) is 0 Å². The number of hydrogen-bond acceptors (Lipinski definition) is 4. The molecule has 4 nitrogen and oxygen atoms in total. The van der Waals surface area contributed by atoms with Crippen molar-refractivity contribution >= 4 is 16.7 Å². The molecule has 2 N–H and O–H groups in total. The van der Waals surface area contributed by atoms with Crippen LogP contribution in [-0.4, -0.2) is 22.2 Å². The molecule has 1 aliphatic rings. The van der Waals surface area contributed by atoms with Crippen molar-refractivity contribution in [1.82, 2.24) is 4.98 Å². The van der Waals surface area contributed by atoms with Gasteiger partial charge in [-0.3, -0.25) is 0 Å². The van der Waals surface area contributed by atoms with E-state index in [9.17, 15) is 5.11 Å². The third-order valence-corrected chi connectivity index (χ3v) is 4.20. The van der Waals surface area contributed by atoms with Crippen molar-refractivity contribution in [2.45, 2.75) is 37.7 Å². The number of nitrogens with one attached hydrogen (secondary N) is 1. The first-order valence-electron chi connectivity index (χ1n) is 7.46. The van der Waals surface area contributed by atoms with E-state index in [4.69, 9.17) is 5.26 Å². The van der Waals surface area contributed by atoms with Crippen LogP contribution in [0.3, 0.4) is 0 Å². The van der Waals surface area contributed by atoms with Gasteiger partial charge in [0, 0.05) is 11.9 Å². The first-order valence-corrected chi connectivity index (χ1v) is 7.46. The lowest BCUT2D eigenvalue weighted by Gasteiger charge is -2.32. The predicted octanol–water partition coefficient (Wildman–Crippen LogP) is 3.21. The molecule has 4 heteroatoms. The van der Waals surface area contributed by atoms with Crippen LogP contribution in [0.15, 0.2) is 30.3 Å². The second-order valence-corrected chi connectivity index (χ2v) is 5.85. The SMILES string of the molecule is N#Cc1ccc2nc(NCC3(O)CCCCC3)ccc2c1. The van der Waals surface area contributed by atoms with Gasteiger partial charge in [-0.2, -0.15) is 5.26 Å². The van der Waals surface area contributed by atoms with Gasteiger partial charge in [-0.05, 0) is 43.2 Å². The standard InChI is InChI=1S/C17H19N3O/c18-11-13-4-6-15-14(10-13)5-7-16(20-15)19-12-17(21)8-2-1-3-9-17/h4-7,10,21H,1-3,8-9,12H2,(H,19,20). The molecule has 1 fully saturated rings. The van der Waals surface area contributed by atoms with Gasteiger partial charge in [0.15, 0.2) is 0 Å². The maximum atomic E-state index is 10.5. The van der Waals surface area contributed by atoms with Gasteiger partial charge in [0.05, 0.1) is 22.8 Å². The van der Waals surface area contributed by atoms with Crippen molar-refractivity contribution in [1.29, 1.82) is 5.26 Å². The highest BCUT2D eigenvalue weighted by Crippen LogP contribution is 2.28. The molecular weight excluding hydrogens is 262 g/mol. The molecule has 1 aliphatic carbocycles. The summed E-state index contributed by atoms with van der Waals surface area (Å²) in [5.41, 5.74) is 0.899. The summed E-state index contributed by atoms with van der Waals surface area (Å²) < 4.78 is 0. The second kappa shape index (κ2) is 5.71. The summed E-state index contributed by atoms with van der Waals surface area (Å²) in [7, 11) is 0. The predicted molar refractivity (Wildman–Crippen MR) is 83.0 cm³/mol. The Hall–Kier alpha value is -2.12. The molecule has 1 aromatic heterocycles. The molecule has 3 rings (SSSR count). The fraction of sp³-hybridized carbons (Fsp3) is 0.412. The van der Waals surface area contributed by atoms with Crippen LogP contribution in [0, 0.1) is 11.3 Å². The largest absolute Gasteiger partial charge is 0.388 e. The van der Waals surface area contributed by atoms with Gasteiger partial charge in [-0.1, -0.05) is 19.3 Å². The molecule has 108 valence electrons. The van der Waals surface area contributed by atoms with Crippen molar-refractivity contribution < 1.29 is 5.11 Å². The lowest BCUT2D eigenvalue weighted by Crippen LogP contribution is -2.38. The third-order valence-electron chi connectivity index (χ3n) is 4.20. The fourth-order valence-electron chi connectivity index (χ4n) is 2.94. The quantitative estimate of drug-likeness (QED) is 0.906. The maximum absolute atomic E-state index is 10.5. The van der Waals surface area contributed by atoms with E-state index >= 15 is 0 Å². The minimum Gasteiger partial charge on any atom is -0.388 e. The molecule has 0 unspecified atom stereocenters. The molecule has 1 saturated carbocycles. The smallest absolute Gasteiger partial charge is 0.126 e. The number of fused-ring (bicyclic) bond motifs is 1. The summed E-state index contributed by atoms with van der Waals surface area (Å²) in [4.78, 5) is 4.53. The summed E-state index contributed by atoms with van der Waals surface area (Å²) in [5.74, 6) is 0.770. The number of nitriles is 1. The summed E-state index contributed by atoms with van der Waals surface area (Å²) in [5, 5.41) is 23.6. The third kappa shape index (κ3) is 3.14. The molecule has 0 aliphatic heterocycles. The van der Waals surface area contributed by atoms with Crippen molar-refractivity contribution in [3.8, 4) is 6.07 Å². The lowest BCUT2D eigenvalue weighted by molar-refractivity contribution is 0.0166. The van der Waals surface area contributed by atoms with Crippen LogP contribution in [0.5, 0.6) is 0 Å². The lowest BCUT2D eigenvalue weighted by atomic mass is 9.85. The molecule has 21 heavy (non-hydrogen) atoms. The van der Waals surface area contributed by atoms with E-state index in [-0.39, 0.29) is 0 Å². The fourth-order valence-corrected chi connectivity index (χ4v) is 2.94. The minimum absolute atomic E-state index is 0.543. The summed E-state index contributed by atoms with van der Waals surface area (Å²) in [6.45, 7) is 0.543. The van der Waals surface area contributed by atoms with Crippen molar-refractivity contribution in [3.05, 3.63) is 35.9 Å². The van der Waals surface area contributed by atoms with Crippen LogP contribution < -0.4 is 5.32 Å². The number of nitrogens with zero attached hydrogens (tertiary/aromatic N) is 2. The van der Waals surface area contributed by atoms with E-state index in [0.717, 1.165) is 42.4 Å². The van der Waals surface area contributed by atoms with E-state index in [0.29, 0.717) is 12.1 Å². The van der Waals surface area contributed by atoms with E-state index in [1.807, 2.05) is 24.3 Å². The number of aliphatic hydroxyl groups is 1.